The van der Waals surface area contributed by atoms with Crippen LogP contribution in [0.4, 0.5) is 0 Å². The Balaban J connectivity index is 2.42. The molecule has 2 atom stereocenters. The van der Waals surface area contributed by atoms with Gasteiger partial charge in [0.15, 0.2) is 0 Å². The summed E-state index contributed by atoms with van der Waals surface area (Å²) < 4.78 is 0. The Labute approximate surface area is 95.2 Å². The molecule has 0 aliphatic heterocycles. The van der Waals surface area contributed by atoms with Crippen LogP contribution in [0.15, 0.2) is 0 Å². The first-order chi connectivity index (χ1) is 7.12. The molecule has 1 aliphatic rings. The third-order valence-electron chi connectivity index (χ3n) is 4.02. The Kier molecular flexibility index (Phi) is 5.07. The molecule has 90 valence electrons. The van der Waals surface area contributed by atoms with Gasteiger partial charge >= 0.3 is 0 Å². The fraction of sp³-hybridized carbons (Fsp3) is 1.00. The van der Waals surface area contributed by atoms with Crippen molar-refractivity contribution in [1.82, 2.24) is 4.90 Å². The zero-order valence-corrected chi connectivity index (χ0v) is 10.8. The monoisotopic (exact) mass is 212 g/mol. The molecule has 2 unspecified atom stereocenters. The summed E-state index contributed by atoms with van der Waals surface area (Å²) in [6.07, 6.45) is 6.47. The van der Waals surface area contributed by atoms with Crippen LogP contribution in [0.2, 0.25) is 0 Å². The third kappa shape index (κ3) is 3.46. The Morgan fingerprint density at radius 3 is 2.60 bits per heavy atom. The van der Waals surface area contributed by atoms with Crippen molar-refractivity contribution in [3.8, 4) is 0 Å². The van der Waals surface area contributed by atoms with Crippen molar-refractivity contribution in [2.24, 2.45) is 11.1 Å². The molecule has 0 saturated heterocycles. The van der Waals surface area contributed by atoms with Gasteiger partial charge in [0, 0.05) is 12.6 Å². The highest BCUT2D eigenvalue weighted by Gasteiger charge is 2.37. The van der Waals surface area contributed by atoms with Crippen LogP contribution in [-0.2, 0) is 0 Å². The number of hydrogen-bond donors (Lipinski definition) is 1. The van der Waals surface area contributed by atoms with Crippen LogP contribution in [0.25, 0.3) is 0 Å². The molecule has 0 bridgehead atoms. The molecule has 0 heterocycles. The first kappa shape index (κ1) is 13.0. The summed E-state index contributed by atoms with van der Waals surface area (Å²) >= 11 is 0. The van der Waals surface area contributed by atoms with E-state index in [0.29, 0.717) is 11.5 Å². The summed E-state index contributed by atoms with van der Waals surface area (Å²) in [5, 5.41) is 0. The van der Waals surface area contributed by atoms with Crippen molar-refractivity contribution in [2.45, 2.75) is 58.9 Å². The van der Waals surface area contributed by atoms with E-state index in [1.807, 2.05) is 0 Å². The van der Waals surface area contributed by atoms with Crippen LogP contribution >= 0.6 is 0 Å². The van der Waals surface area contributed by atoms with E-state index in [0.717, 1.165) is 0 Å². The van der Waals surface area contributed by atoms with Gasteiger partial charge in [-0.1, -0.05) is 33.6 Å². The average Bonchev–Trinajstić information content (AvgIpc) is 2.54. The molecule has 15 heavy (non-hydrogen) atoms. The lowest BCUT2D eigenvalue weighted by atomic mass is 9.84. The highest BCUT2D eigenvalue weighted by Crippen LogP contribution is 2.37. The van der Waals surface area contributed by atoms with Crippen molar-refractivity contribution in [3.05, 3.63) is 0 Å². The highest BCUT2D eigenvalue weighted by molar-refractivity contribution is 4.93. The molecule has 2 nitrogen and oxygen atoms in total. The van der Waals surface area contributed by atoms with Crippen molar-refractivity contribution in [1.29, 1.82) is 0 Å². The lowest BCUT2D eigenvalue weighted by Crippen LogP contribution is -2.44. The zero-order chi connectivity index (χ0) is 11.3. The molecular formula is C13H28N2. The molecule has 1 rings (SSSR count). The first-order valence-corrected chi connectivity index (χ1v) is 6.60. The molecule has 0 aromatic carbocycles. The summed E-state index contributed by atoms with van der Waals surface area (Å²) in [7, 11) is 0. The molecule has 0 aromatic heterocycles. The van der Waals surface area contributed by atoms with E-state index < -0.39 is 0 Å². The van der Waals surface area contributed by atoms with Crippen LogP contribution in [0, 0.1) is 5.41 Å². The van der Waals surface area contributed by atoms with Gasteiger partial charge in [-0.05, 0) is 37.8 Å². The minimum absolute atomic E-state index is 0.379. The Morgan fingerprint density at radius 2 is 2.13 bits per heavy atom. The summed E-state index contributed by atoms with van der Waals surface area (Å²) in [6.45, 7) is 10.5. The van der Waals surface area contributed by atoms with Gasteiger partial charge in [0.25, 0.3) is 0 Å². The largest absolute Gasteiger partial charge is 0.327 e. The van der Waals surface area contributed by atoms with Crippen LogP contribution in [0.5, 0.6) is 0 Å². The summed E-state index contributed by atoms with van der Waals surface area (Å²) in [4.78, 5) is 2.58. The van der Waals surface area contributed by atoms with Gasteiger partial charge in [-0.25, -0.2) is 0 Å². The summed E-state index contributed by atoms with van der Waals surface area (Å²) in [6, 6.07) is 0.424. The van der Waals surface area contributed by atoms with E-state index in [1.165, 1.54) is 51.7 Å². The average molecular weight is 212 g/mol. The maximum atomic E-state index is 6.22. The number of rotatable bonds is 6. The van der Waals surface area contributed by atoms with Crippen molar-refractivity contribution in [2.75, 3.05) is 19.6 Å². The topological polar surface area (TPSA) is 29.3 Å². The first-order valence-electron chi connectivity index (χ1n) is 6.60. The molecule has 2 heteroatoms. The van der Waals surface area contributed by atoms with Gasteiger partial charge in [-0.3, -0.25) is 0 Å². The summed E-state index contributed by atoms with van der Waals surface area (Å²) in [5.74, 6) is 0. The van der Waals surface area contributed by atoms with E-state index in [-0.39, 0.29) is 0 Å². The maximum Gasteiger partial charge on any atom is 0.0105 e. The van der Waals surface area contributed by atoms with Crippen LogP contribution in [0.3, 0.4) is 0 Å². The van der Waals surface area contributed by atoms with E-state index in [4.69, 9.17) is 5.73 Å². The molecule has 0 aromatic rings. The molecule has 1 fully saturated rings. The zero-order valence-electron chi connectivity index (χ0n) is 10.8. The normalized spacial score (nSPS) is 31.4. The smallest absolute Gasteiger partial charge is 0.0105 e. The Morgan fingerprint density at radius 1 is 1.40 bits per heavy atom. The second kappa shape index (κ2) is 5.86. The number of unbranched alkanes of at least 4 members (excludes halogenated alkanes) is 1. The van der Waals surface area contributed by atoms with Crippen molar-refractivity contribution in [3.63, 3.8) is 0 Å². The molecule has 1 saturated carbocycles. The second-order valence-corrected chi connectivity index (χ2v) is 5.38. The fourth-order valence-electron chi connectivity index (χ4n) is 2.70. The van der Waals surface area contributed by atoms with E-state index >= 15 is 0 Å². The molecule has 1 aliphatic carbocycles. The number of nitrogens with two attached hydrogens (primary N) is 1. The lowest BCUT2D eigenvalue weighted by Gasteiger charge is -2.35. The third-order valence-corrected chi connectivity index (χ3v) is 4.02. The lowest BCUT2D eigenvalue weighted by molar-refractivity contribution is 0.157. The SMILES string of the molecule is CCCCN(CC)CC1(C)CCCC1N. The van der Waals surface area contributed by atoms with Gasteiger partial charge in [0.1, 0.15) is 0 Å². The van der Waals surface area contributed by atoms with Crippen LogP contribution in [-0.4, -0.2) is 30.6 Å². The molecule has 0 radical (unpaired) electrons. The molecular weight excluding hydrogens is 184 g/mol. The fourth-order valence-corrected chi connectivity index (χ4v) is 2.70. The predicted molar refractivity (Wildman–Crippen MR) is 67.0 cm³/mol. The van der Waals surface area contributed by atoms with E-state index in [9.17, 15) is 0 Å². The van der Waals surface area contributed by atoms with Gasteiger partial charge in [0.05, 0.1) is 0 Å². The maximum absolute atomic E-state index is 6.22. The Bertz CT molecular complexity index is 181. The van der Waals surface area contributed by atoms with Crippen molar-refractivity contribution >= 4 is 0 Å². The van der Waals surface area contributed by atoms with Gasteiger partial charge in [-0.15, -0.1) is 0 Å². The molecule has 0 spiro atoms. The van der Waals surface area contributed by atoms with Crippen LogP contribution in [0.1, 0.15) is 52.9 Å². The van der Waals surface area contributed by atoms with Gasteiger partial charge in [0.2, 0.25) is 0 Å². The van der Waals surface area contributed by atoms with E-state index in [2.05, 4.69) is 25.7 Å². The Hall–Kier alpha value is -0.0800. The number of hydrogen-bond acceptors (Lipinski definition) is 2. The van der Waals surface area contributed by atoms with Crippen LogP contribution < -0.4 is 5.73 Å². The predicted octanol–water partition coefficient (Wildman–Crippen LogP) is 2.63. The van der Waals surface area contributed by atoms with Gasteiger partial charge in [-0.2, -0.15) is 0 Å². The number of nitrogens with zero attached hydrogens (tertiary/aromatic N) is 1. The van der Waals surface area contributed by atoms with E-state index in [1.54, 1.807) is 0 Å². The quantitative estimate of drug-likeness (QED) is 0.733. The second-order valence-electron chi connectivity index (χ2n) is 5.38. The molecule has 2 N–H and O–H groups in total. The highest BCUT2D eigenvalue weighted by atomic mass is 15.1. The minimum atomic E-state index is 0.379. The summed E-state index contributed by atoms with van der Waals surface area (Å²) in [5.41, 5.74) is 6.60. The standard InChI is InChI=1S/C13H28N2/c1-4-6-10-15(5-2)11-13(3)9-7-8-12(13)14/h12H,4-11,14H2,1-3H3. The minimum Gasteiger partial charge on any atom is -0.327 e. The molecule has 0 amide bonds. The van der Waals surface area contributed by atoms with Crippen molar-refractivity contribution < 1.29 is 0 Å². The van der Waals surface area contributed by atoms with Gasteiger partial charge < -0.3 is 10.6 Å².